The first-order chi connectivity index (χ1) is 20.6. The van der Waals surface area contributed by atoms with Crippen molar-refractivity contribution in [2.75, 3.05) is 6.61 Å². The molecular weight excluding hydrogens is 567 g/mol. The Hall–Kier alpha value is -3.67. The minimum Gasteiger partial charge on any atom is -0.405 e. The fourth-order valence-corrected chi connectivity index (χ4v) is 10.3. The van der Waals surface area contributed by atoms with Crippen molar-refractivity contribution in [3.8, 4) is 0 Å². The van der Waals surface area contributed by atoms with E-state index in [9.17, 15) is 14.7 Å². The summed E-state index contributed by atoms with van der Waals surface area (Å²) in [6.45, 7) is 6.13. The van der Waals surface area contributed by atoms with Gasteiger partial charge < -0.3 is 19.0 Å². The Morgan fingerprint density at radius 3 is 2.00 bits per heavy atom. The number of benzene rings is 3. The van der Waals surface area contributed by atoms with Crippen LogP contribution in [0.2, 0.25) is 5.04 Å². The van der Waals surface area contributed by atoms with Crippen LogP contribution in [0.15, 0.2) is 113 Å². The lowest BCUT2D eigenvalue weighted by molar-refractivity contribution is -0.0477. The quantitative estimate of drug-likeness (QED) is 0.279. The molecule has 1 fully saturated rings. The number of rotatable bonds is 10. The van der Waals surface area contributed by atoms with E-state index in [0.717, 1.165) is 31.1 Å². The zero-order valence-electron chi connectivity index (χ0n) is 24.5. The van der Waals surface area contributed by atoms with Crippen molar-refractivity contribution < 1.29 is 23.4 Å². The molecule has 0 amide bonds. The molecule has 1 aromatic heterocycles. The van der Waals surface area contributed by atoms with Crippen molar-refractivity contribution in [2.45, 2.75) is 63.8 Å². The molecule has 8 nitrogen and oxygen atoms in total. The highest BCUT2D eigenvalue weighted by Gasteiger charge is 2.52. The average Bonchev–Trinajstić information content (AvgIpc) is 3.29. The predicted molar refractivity (Wildman–Crippen MR) is 165 cm³/mol. The van der Waals surface area contributed by atoms with Crippen molar-refractivity contribution in [1.82, 2.24) is 9.13 Å². The molecule has 1 aliphatic rings. The van der Waals surface area contributed by atoms with Gasteiger partial charge >= 0.3 is 5.69 Å². The monoisotopic (exact) mass is 604 g/mol. The molecular formula is C33H37FN2O6Si. The highest BCUT2D eigenvalue weighted by Crippen LogP contribution is 2.38. The Labute approximate surface area is 251 Å². The maximum Gasteiger partial charge on any atom is 0.335 e. The molecule has 0 saturated carbocycles. The number of hydrogen-bond acceptors (Lipinski definition) is 6. The molecule has 0 spiro atoms. The second kappa shape index (κ2) is 12.9. The number of aliphatic hydroxyl groups is 1. The zero-order chi connectivity index (χ0) is 30.6. The van der Waals surface area contributed by atoms with Crippen LogP contribution in [0.5, 0.6) is 0 Å². The van der Waals surface area contributed by atoms with Crippen LogP contribution in [0.25, 0.3) is 0 Å². The van der Waals surface area contributed by atoms with E-state index in [4.69, 9.17) is 13.9 Å². The minimum atomic E-state index is -2.98. The maximum atomic E-state index is 15.6. The number of aromatic nitrogens is 2. The summed E-state index contributed by atoms with van der Waals surface area (Å²) in [5, 5.41) is 12.7. The van der Waals surface area contributed by atoms with Crippen LogP contribution in [0.1, 0.15) is 32.6 Å². The van der Waals surface area contributed by atoms with Crippen LogP contribution >= 0.6 is 0 Å². The van der Waals surface area contributed by atoms with E-state index >= 15 is 4.39 Å². The molecule has 4 aromatic rings. The van der Waals surface area contributed by atoms with Gasteiger partial charge in [0.25, 0.3) is 13.9 Å². The minimum absolute atomic E-state index is 0.0973. The first-order valence-corrected chi connectivity index (χ1v) is 16.2. The molecule has 226 valence electrons. The third kappa shape index (κ3) is 6.20. The van der Waals surface area contributed by atoms with Gasteiger partial charge in [-0.25, -0.2) is 13.8 Å². The predicted octanol–water partition coefficient (Wildman–Crippen LogP) is 3.36. The van der Waals surface area contributed by atoms with Crippen LogP contribution < -0.4 is 21.6 Å². The van der Waals surface area contributed by atoms with E-state index in [1.54, 1.807) is 0 Å². The number of hydrogen-bond donors (Lipinski definition) is 1. The summed E-state index contributed by atoms with van der Waals surface area (Å²) < 4.78 is 35.9. The number of nitrogens with zero attached hydrogens (tertiary/aromatic N) is 2. The first kappa shape index (κ1) is 30.8. The van der Waals surface area contributed by atoms with E-state index in [2.05, 4.69) is 20.8 Å². The Morgan fingerprint density at radius 2 is 1.44 bits per heavy atom. The SMILES string of the molecule is CC(C)(C)[Si](OC[C@H]1O[C@@H](n2ccc(=O)n(COCc3ccccc3)c2=O)[C@@H](F)C1O)(c1ccccc1)c1ccccc1. The molecule has 0 aliphatic carbocycles. The third-order valence-corrected chi connectivity index (χ3v) is 12.9. The summed E-state index contributed by atoms with van der Waals surface area (Å²) in [7, 11) is -2.98. The summed E-state index contributed by atoms with van der Waals surface area (Å²) in [5.74, 6) is 0. The lowest BCUT2D eigenvalue weighted by atomic mass is 10.1. The van der Waals surface area contributed by atoms with Crippen LogP contribution in [0.3, 0.4) is 0 Å². The molecule has 1 unspecified atom stereocenters. The Kier molecular flexibility index (Phi) is 9.24. The average molecular weight is 605 g/mol. The third-order valence-electron chi connectivity index (χ3n) is 7.88. The first-order valence-electron chi connectivity index (χ1n) is 14.3. The normalized spacial score (nSPS) is 20.8. The standard InChI is InChI=1S/C33H37FN2O6Si/c1-33(2,3)43(25-15-9-5-10-16-25,26-17-11-6-12-18-26)41-22-27-30(38)29(34)31(42-27)35-20-19-28(37)36(32(35)39)23-40-21-24-13-7-4-8-14-24/h4-20,27,29-31,38H,21-23H2,1-3H3/t27-,29+,30?,31-/m1/s1. The van der Waals surface area contributed by atoms with Crippen LogP contribution in [-0.4, -0.2) is 47.5 Å². The second-order valence-electron chi connectivity index (χ2n) is 11.7. The summed E-state index contributed by atoms with van der Waals surface area (Å²) in [6, 6.07) is 30.4. The van der Waals surface area contributed by atoms with Gasteiger partial charge in [-0.05, 0) is 21.0 Å². The van der Waals surface area contributed by atoms with E-state index in [0.29, 0.717) is 0 Å². The number of alkyl halides is 1. The van der Waals surface area contributed by atoms with Crippen molar-refractivity contribution in [3.05, 3.63) is 130 Å². The van der Waals surface area contributed by atoms with Crippen molar-refractivity contribution in [1.29, 1.82) is 0 Å². The molecule has 1 saturated heterocycles. The Balaban J connectivity index is 1.39. The van der Waals surface area contributed by atoms with Crippen molar-refractivity contribution in [3.63, 3.8) is 0 Å². The maximum absolute atomic E-state index is 15.6. The smallest absolute Gasteiger partial charge is 0.335 e. The summed E-state index contributed by atoms with van der Waals surface area (Å²) in [4.78, 5) is 25.8. The Morgan fingerprint density at radius 1 is 0.884 bits per heavy atom. The van der Waals surface area contributed by atoms with E-state index in [1.165, 1.54) is 6.20 Å². The molecule has 43 heavy (non-hydrogen) atoms. The lowest BCUT2D eigenvalue weighted by Gasteiger charge is -2.43. The van der Waals surface area contributed by atoms with Gasteiger partial charge in [0, 0.05) is 12.3 Å². The summed E-state index contributed by atoms with van der Waals surface area (Å²) in [5.41, 5.74) is -0.509. The molecule has 3 aromatic carbocycles. The van der Waals surface area contributed by atoms with Gasteiger partial charge in [-0.2, -0.15) is 0 Å². The van der Waals surface area contributed by atoms with E-state index in [-0.39, 0.29) is 25.0 Å². The highest BCUT2D eigenvalue weighted by molar-refractivity contribution is 6.99. The van der Waals surface area contributed by atoms with Gasteiger partial charge in [0.1, 0.15) is 18.9 Å². The number of halogens is 1. The highest BCUT2D eigenvalue weighted by atomic mass is 28.4. The van der Waals surface area contributed by atoms with E-state index < -0.39 is 44.2 Å². The van der Waals surface area contributed by atoms with Gasteiger partial charge in [-0.15, -0.1) is 0 Å². The van der Waals surface area contributed by atoms with Gasteiger partial charge in [0.2, 0.25) is 0 Å². The summed E-state index contributed by atoms with van der Waals surface area (Å²) >= 11 is 0. The molecule has 5 rings (SSSR count). The fourth-order valence-electron chi connectivity index (χ4n) is 5.71. The van der Waals surface area contributed by atoms with Crippen LogP contribution in [-0.2, 0) is 27.2 Å². The van der Waals surface area contributed by atoms with Gasteiger partial charge in [-0.3, -0.25) is 9.36 Å². The molecule has 4 atom stereocenters. The van der Waals surface area contributed by atoms with Crippen molar-refractivity contribution in [2.24, 2.45) is 0 Å². The lowest BCUT2D eigenvalue weighted by Crippen LogP contribution is -2.67. The Bertz CT molecular complexity index is 1570. The van der Waals surface area contributed by atoms with Gasteiger partial charge in [-0.1, -0.05) is 112 Å². The van der Waals surface area contributed by atoms with Gasteiger partial charge in [0.15, 0.2) is 12.4 Å². The van der Waals surface area contributed by atoms with Crippen LogP contribution in [0, 0.1) is 0 Å². The second-order valence-corrected chi connectivity index (χ2v) is 16.0. The van der Waals surface area contributed by atoms with E-state index in [1.807, 2.05) is 91.0 Å². The summed E-state index contributed by atoms with van der Waals surface area (Å²) in [6.07, 6.45) is -4.79. The zero-order valence-corrected chi connectivity index (χ0v) is 25.5. The number of aliphatic hydroxyl groups excluding tert-OH is 1. The molecule has 0 bridgehead atoms. The molecule has 1 N–H and O–H groups in total. The van der Waals surface area contributed by atoms with Crippen LogP contribution in [0.4, 0.5) is 4.39 Å². The van der Waals surface area contributed by atoms with Gasteiger partial charge in [0.05, 0.1) is 13.2 Å². The molecule has 0 radical (unpaired) electrons. The number of ether oxygens (including phenoxy) is 2. The largest absolute Gasteiger partial charge is 0.405 e. The molecule has 10 heteroatoms. The van der Waals surface area contributed by atoms with Crippen molar-refractivity contribution >= 4 is 18.7 Å². The fraction of sp³-hybridized carbons (Fsp3) is 0.333. The topological polar surface area (TPSA) is 91.9 Å². The molecule has 1 aliphatic heterocycles. The molecule has 2 heterocycles.